The minimum Gasteiger partial charge on any atom is -0.347 e. The number of carbonyl (C=O) groups excluding carboxylic acids is 2. The summed E-state index contributed by atoms with van der Waals surface area (Å²) in [5, 5.41) is 2.81. The van der Waals surface area contributed by atoms with Crippen LogP contribution in [0, 0.1) is 5.92 Å². The molecule has 0 fully saturated rings. The summed E-state index contributed by atoms with van der Waals surface area (Å²) in [5.74, 6) is 0.145. The van der Waals surface area contributed by atoms with Crippen molar-refractivity contribution in [1.82, 2.24) is 10.2 Å². The van der Waals surface area contributed by atoms with Gasteiger partial charge < -0.3 is 16.0 Å². The number of likely N-dealkylation sites (N-methyl/N-ethyl adjacent to an activating group) is 1. The van der Waals surface area contributed by atoms with E-state index in [1.807, 2.05) is 20.8 Å². The fourth-order valence-corrected chi connectivity index (χ4v) is 1.97. The molecule has 2 unspecified atom stereocenters. The predicted octanol–water partition coefficient (Wildman–Crippen LogP) is 1.12. The van der Waals surface area contributed by atoms with Crippen molar-refractivity contribution in [2.75, 3.05) is 14.1 Å². The monoisotopic (exact) mass is 271 g/mol. The fourth-order valence-electron chi connectivity index (χ4n) is 1.97. The Morgan fingerprint density at radius 2 is 1.84 bits per heavy atom. The number of amides is 2. The smallest absolute Gasteiger partial charge is 0.244 e. The van der Waals surface area contributed by atoms with Crippen molar-refractivity contribution in [2.24, 2.45) is 11.7 Å². The lowest BCUT2D eigenvalue weighted by molar-refractivity contribution is -0.135. The van der Waals surface area contributed by atoms with Crippen LogP contribution in [-0.4, -0.2) is 42.9 Å². The van der Waals surface area contributed by atoms with E-state index in [2.05, 4.69) is 5.32 Å². The molecule has 0 aliphatic carbocycles. The molecule has 5 heteroatoms. The Labute approximate surface area is 116 Å². The standard InChI is InChI=1S/C14H29N3O2/c1-6-7-11(15)9-13(18)16-12(8-10(2)3)14(19)17(4)5/h10-12H,6-9,15H2,1-5H3,(H,16,18). The molecule has 0 rings (SSSR count). The van der Waals surface area contributed by atoms with Gasteiger partial charge >= 0.3 is 0 Å². The summed E-state index contributed by atoms with van der Waals surface area (Å²) in [6.07, 6.45) is 2.71. The van der Waals surface area contributed by atoms with Crippen molar-refractivity contribution in [2.45, 2.75) is 58.5 Å². The number of nitrogens with two attached hydrogens (primary N) is 1. The molecule has 5 nitrogen and oxygen atoms in total. The predicted molar refractivity (Wildman–Crippen MR) is 77.6 cm³/mol. The summed E-state index contributed by atoms with van der Waals surface area (Å²) in [4.78, 5) is 25.4. The minimum absolute atomic E-state index is 0.0638. The Morgan fingerprint density at radius 1 is 1.26 bits per heavy atom. The quantitative estimate of drug-likeness (QED) is 0.694. The van der Waals surface area contributed by atoms with Crippen molar-refractivity contribution < 1.29 is 9.59 Å². The molecule has 0 radical (unpaired) electrons. The number of rotatable bonds is 8. The molecule has 0 aromatic carbocycles. The summed E-state index contributed by atoms with van der Waals surface area (Å²) in [6.45, 7) is 6.10. The van der Waals surface area contributed by atoms with Gasteiger partial charge in [-0.25, -0.2) is 0 Å². The van der Waals surface area contributed by atoms with Gasteiger partial charge in [0, 0.05) is 26.6 Å². The highest BCUT2D eigenvalue weighted by atomic mass is 16.2. The molecule has 19 heavy (non-hydrogen) atoms. The van der Waals surface area contributed by atoms with Gasteiger partial charge in [-0.05, 0) is 18.8 Å². The lowest BCUT2D eigenvalue weighted by Gasteiger charge is -2.23. The van der Waals surface area contributed by atoms with Crippen LogP contribution in [0.15, 0.2) is 0 Å². The number of nitrogens with zero attached hydrogens (tertiary/aromatic N) is 1. The summed E-state index contributed by atoms with van der Waals surface area (Å²) in [7, 11) is 3.40. The van der Waals surface area contributed by atoms with Gasteiger partial charge in [0.2, 0.25) is 11.8 Å². The largest absolute Gasteiger partial charge is 0.347 e. The van der Waals surface area contributed by atoms with Gasteiger partial charge in [0.15, 0.2) is 0 Å². The second kappa shape index (κ2) is 8.91. The average Bonchev–Trinajstić information content (AvgIpc) is 2.26. The molecule has 0 aromatic heterocycles. The second-order valence-corrected chi connectivity index (χ2v) is 5.74. The molecule has 0 aliphatic rings. The van der Waals surface area contributed by atoms with Crippen molar-refractivity contribution in [3.8, 4) is 0 Å². The Balaban J connectivity index is 4.46. The maximum absolute atomic E-state index is 12.0. The molecule has 0 aromatic rings. The third kappa shape index (κ3) is 7.82. The summed E-state index contributed by atoms with van der Waals surface area (Å²) < 4.78 is 0. The van der Waals surface area contributed by atoms with Crippen LogP contribution in [0.3, 0.4) is 0 Å². The van der Waals surface area contributed by atoms with Crippen LogP contribution >= 0.6 is 0 Å². The minimum atomic E-state index is -0.448. The molecule has 0 spiro atoms. The molecule has 3 N–H and O–H groups in total. The van der Waals surface area contributed by atoms with E-state index in [0.29, 0.717) is 12.3 Å². The summed E-state index contributed by atoms with van der Waals surface area (Å²) in [5.41, 5.74) is 5.84. The highest BCUT2D eigenvalue weighted by Gasteiger charge is 2.23. The maximum atomic E-state index is 12.0. The van der Waals surface area contributed by atoms with E-state index in [9.17, 15) is 9.59 Å². The SMILES string of the molecule is CCCC(N)CC(=O)NC(CC(C)C)C(=O)N(C)C. The van der Waals surface area contributed by atoms with E-state index in [1.165, 1.54) is 4.90 Å². The summed E-state index contributed by atoms with van der Waals surface area (Å²) in [6, 6.07) is -0.574. The van der Waals surface area contributed by atoms with Gasteiger partial charge in [0.05, 0.1) is 0 Å². The lowest BCUT2D eigenvalue weighted by atomic mass is 10.0. The fraction of sp³-hybridized carbons (Fsp3) is 0.857. The first kappa shape index (κ1) is 17.9. The average molecular weight is 271 g/mol. The van der Waals surface area contributed by atoms with Crippen LogP contribution in [0.25, 0.3) is 0 Å². The molecular weight excluding hydrogens is 242 g/mol. The molecule has 0 bridgehead atoms. The number of hydrogen-bond donors (Lipinski definition) is 2. The molecule has 2 amide bonds. The normalized spacial score (nSPS) is 14.1. The molecule has 0 saturated heterocycles. The van der Waals surface area contributed by atoms with E-state index in [1.54, 1.807) is 14.1 Å². The summed E-state index contributed by atoms with van der Waals surface area (Å²) >= 11 is 0. The number of carbonyl (C=O) groups is 2. The number of nitrogens with one attached hydrogen (secondary N) is 1. The molecule has 0 heterocycles. The topological polar surface area (TPSA) is 75.4 Å². The van der Waals surface area contributed by atoms with Gasteiger partial charge in [0.25, 0.3) is 0 Å². The third-order valence-electron chi connectivity index (χ3n) is 2.89. The van der Waals surface area contributed by atoms with Crippen LogP contribution < -0.4 is 11.1 Å². The van der Waals surface area contributed by atoms with Crippen molar-refractivity contribution in [1.29, 1.82) is 0 Å². The third-order valence-corrected chi connectivity index (χ3v) is 2.89. The Morgan fingerprint density at radius 3 is 2.26 bits per heavy atom. The lowest BCUT2D eigenvalue weighted by Crippen LogP contribution is -2.48. The van der Waals surface area contributed by atoms with Gasteiger partial charge in [-0.1, -0.05) is 27.2 Å². The molecule has 2 atom stereocenters. The Bertz CT molecular complexity index is 290. The zero-order valence-electron chi connectivity index (χ0n) is 12.9. The van der Waals surface area contributed by atoms with Gasteiger partial charge in [-0.15, -0.1) is 0 Å². The molecule has 112 valence electrons. The van der Waals surface area contributed by atoms with Gasteiger partial charge in [-0.2, -0.15) is 0 Å². The molecule has 0 saturated carbocycles. The van der Waals surface area contributed by atoms with Crippen LogP contribution in [0.2, 0.25) is 0 Å². The Kier molecular flexibility index (Phi) is 8.39. The van der Waals surface area contributed by atoms with Gasteiger partial charge in [0.1, 0.15) is 6.04 Å². The van der Waals surface area contributed by atoms with Crippen LogP contribution in [0.5, 0.6) is 0 Å². The molecular formula is C14H29N3O2. The first-order chi connectivity index (χ1) is 8.77. The maximum Gasteiger partial charge on any atom is 0.244 e. The zero-order chi connectivity index (χ0) is 15.0. The van der Waals surface area contributed by atoms with E-state index < -0.39 is 6.04 Å². The van der Waals surface area contributed by atoms with E-state index in [4.69, 9.17) is 5.73 Å². The van der Waals surface area contributed by atoms with Crippen molar-refractivity contribution in [3.05, 3.63) is 0 Å². The van der Waals surface area contributed by atoms with E-state index in [0.717, 1.165) is 12.8 Å². The van der Waals surface area contributed by atoms with Crippen LogP contribution in [0.4, 0.5) is 0 Å². The van der Waals surface area contributed by atoms with Crippen LogP contribution in [0.1, 0.15) is 46.5 Å². The van der Waals surface area contributed by atoms with Gasteiger partial charge in [-0.3, -0.25) is 9.59 Å². The van der Waals surface area contributed by atoms with Crippen molar-refractivity contribution in [3.63, 3.8) is 0 Å². The zero-order valence-corrected chi connectivity index (χ0v) is 12.9. The van der Waals surface area contributed by atoms with Crippen LogP contribution in [-0.2, 0) is 9.59 Å². The number of hydrogen-bond acceptors (Lipinski definition) is 3. The second-order valence-electron chi connectivity index (χ2n) is 5.74. The highest BCUT2D eigenvalue weighted by molar-refractivity contribution is 5.87. The van der Waals surface area contributed by atoms with E-state index in [-0.39, 0.29) is 24.3 Å². The first-order valence-corrected chi connectivity index (χ1v) is 7.04. The Hall–Kier alpha value is -1.10. The van der Waals surface area contributed by atoms with E-state index >= 15 is 0 Å². The highest BCUT2D eigenvalue weighted by Crippen LogP contribution is 2.08. The van der Waals surface area contributed by atoms with Crippen molar-refractivity contribution >= 4 is 11.8 Å². The first-order valence-electron chi connectivity index (χ1n) is 7.04. The molecule has 0 aliphatic heterocycles.